The minimum absolute atomic E-state index is 0.0999. The number of benzene rings is 2. The summed E-state index contributed by atoms with van der Waals surface area (Å²) in [5, 5.41) is 13.3. The summed E-state index contributed by atoms with van der Waals surface area (Å²) >= 11 is 0. The van der Waals surface area contributed by atoms with Gasteiger partial charge in [0.2, 0.25) is 5.82 Å². The molecule has 2 aromatic heterocycles. The molecule has 0 aliphatic heterocycles. The molecule has 0 unspecified atom stereocenters. The zero-order valence-corrected chi connectivity index (χ0v) is 17.4. The number of aliphatic hydroxyl groups is 1. The quantitative estimate of drug-likeness (QED) is 0.357. The standard InChI is InChI=1S/C23H16F4N4O2/c1-13(32)3-4-16-11-17(24)9-10-18(16)22-29-20(30-33-22)14-5-7-15(8-6-14)21-28-19(12-31(21)2)23(25,26)27/h5-13,32H,1-2H3/t13-/m1/s1. The van der Waals surface area contributed by atoms with Crippen LogP contribution in [0.4, 0.5) is 17.6 Å². The van der Waals surface area contributed by atoms with Crippen molar-refractivity contribution in [3.8, 4) is 46.1 Å². The van der Waals surface area contributed by atoms with Gasteiger partial charge in [-0.15, -0.1) is 0 Å². The van der Waals surface area contributed by atoms with Gasteiger partial charge in [0, 0.05) is 29.9 Å². The number of alkyl halides is 3. The predicted molar refractivity (Wildman–Crippen MR) is 111 cm³/mol. The van der Waals surface area contributed by atoms with E-state index in [0.29, 0.717) is 16.7 Å². The van der Waals surface area contributed by atoms with Crippen LogP contribution in [-0.4, -0.2) is 30.9 Å². The monoisotopic (exact) mass is 456 g/mol. The molecule has 33 heavy (non-hydrogen) atoms. The molecule has 4 aromatic rings. The highest BCUT2D eigenvalue weighted by Crippen LogP contribution is 2.31. The van der Waals surface area contributed by atoms with Crippen molar-refractivity contribution in [2.75, 3.05) is 0 Å². The van der Waals surface area contributed by atoms with Crippen molar-refractivity contribution in [1.29, 1.82) is 0 Å². The van der Waals surface area contributed by atoms with Crippen molar-refractivity contribution < 1.29 is 27.2 Å². The molecular formula is C23H16F4N4O2. The van der Waals surface area contributed by atoms with Gasteiger partial charge >= 0.3 is 6.18 Å². The molecule has 1 N–H and O–H groups in total. The van der Waals surface area contributed by atoms with Gasteiger partial charge in [-0.3, -0.25) is 0 Å². The van der Waals surface area contributed by atoms with Gasteiger partial charge in [0.25, 0.3) is 5.89 Å². The van der Waals surface area contributed by atoms with Crippen molar-refractivity contribution >= 4 is 0 Å². The highest BCUT2D eigenvalue weighted by atomic mass is 19.4. The highest BCUT2D eigenvalue weighted by Gasteiger charge is 2.34. The molecule has 168 valence electrons. The summed E-state index contributed by atoms with van der Waals surface area (Å²) in [4.78, 5) is 8.00. The van der Waals surface area contributed by atoms with Gasteiger partial charge in [-0.1, -0.05) is 41.3 Å². The number of nitrogens with zero attached hydrogens (tertiary/aromatic N) is 4. The molecular weight excluding hydrogens is 440 g/mol. The zero-order valence-electron chi connectivity index (χ0n) is 17.4. The van der Waals surface area contributed by atoms with Crippen LogP contribution in [0.3, 0.4) is 0 Å². The summed E-state index contributed by atoms with van der Waals surface area (Å²) in [6, 6.07) is 10.3. The van der Waals surface area contributed by atoms with Crippen LogP contribution in [0.25, 0.3) is 34.2 Å². The second kappa shape index (κ2) is 8.52. The van der Waals surface area contributed by atoms with Gasteiger partial charge in [-0.2, -0.15) is 18.2 Å². The number of halogens is 4. The van der Waals surface area contributed by atoms with Crippen LogP contribution in [0.1, 0.15) is 18.2 Å². The van der Waals surface area contributed by atoms with Crippen LogP contribution < -0.4 is 0 Å². The first-order chi connectivity index (χ1) is 15.6. The van der Waals surface area contributed by atoms with Crippen molar-refractivity contribution in [1.82, 2.24) is 19.7 Å². The Hall–Kier alpha value is -3.97. The van der Waals surface area contributed by atoms with E-state index in [0.717, 1.165) is 6.20 Å². The lowest BCUT2D eigenvalue weighted by atomic mass is 10.1. The molecule has 2 heterocycles. The summed E-state index contributed by atoms with van der Waals surface area (Å²) in [7, 11) is 1.48. The topological polar surface area (TPSA) is 77.0 Å². The Labute approximate surface area is 185 Å². The second-order valence-corrected chi connectivity index (χ2v) is 7.19. The fourth-order valence-corrected chi connectivity index (χ4v) is 3.08. The number of aryl methyl sites for hydroxylation is 1. The number of hydrogen-bond donors (Lipinski definition) is 1. The Bertz CT molecular complexity index is 1360. The van der Waals surface area contributed by atoms with E-state index in [2.05, 4.69) is 27.0 Å². The number of aromatic nitrogens is 4. The maximum atomic E-state index is 13.7. The maximum Gasteiger partial charge on any atom is 0.434 e. The maximum absolute atomic E-state index is 13.7. The summed E-state index contributed by atoms with van der Waals surface area (Å²) in [5.41, 5.74) is 0.734. The minimum atomic E-state index is -4.53. The molecule has 0 aliphatic carbocycles. The van der Waals surface area contributed by atoms with Gasteiger partial charge in [0.15, 0.2) is 5.69 Å². The Balaban J connectivity index is 1.64. The van der Waals surface area contributed by atoms with E-state index in [1.165, 1.54) is 36.7 Å². The first-order valence-corrected chi connectivity index (χ1v) is 9.66. The Morgan fingerprint density at radius 2 is 1.76 bits per heavy atom. The van der Waals surface area contributed by atoms with Crippen LogP contribution in [0.2, 0.25) is 0 Å². The fraction of sp³-hybridized carbons (Fsp3) is 0.174. The van der Waals surface area contributed by atoms with E-state index in [1.807, 2.05) is 0 Å². The van der Waals surface area contributed by atoms with E-state index in [1.54, 1.807) is 24.3 Å². The van der Waals surface area contributed by atoms with Crippen LogP contribution in [0.5, 0.6) is 0 Å². The lowest BCUT2D eigenvalue weighted by Gasteiger charge is -2.02. The first kappa shape index (κ1) is 22.2. The number of hydrogen-bond acceptors (Lipinski definition) is 5. The summed E-state index contributed by atoms with van der Waals surface area (Å²) in [5.74, 6) is 5.22. The molecule has 1 atom stereocenters. The number of rotatable bonds is 3. The van der Waals surface area contributed by atoms with Crippen LogP contribution >= 0.6 is 0 Å². The molecule has 0 fully saturated rings. The number of aliphatic hydroxyl groups excluding tert-OH is 1. The zero-order chi connectivity index (χ0) is 23.8. The minimum Gasteiger partial charge on any atom is -0.381 e. The van der Waals surface area contributed by atoms with Gasteiger partial charge < -0.3 is 14.2 Å². The first-order valence-electron chi connectivity index (χ1n) is 9.66. The van der Waals surface area contributed by atoms with Crippen molar-refractivity contribution in [3.05, 3.63) is 65.7 Å². The molecule has 0 saturated carbocycles. The molecule has 4 rings (SSSR count). The fourth-order valence-electron chi connectivity index (χ4n) is 3.08. The molecule has 0 spiro atoms. The molecule has 0 aliphatic rings. The van der Waals surface area contributed by atoms with Crippen molar-refractivity contribution in [2.45, 2.75) is 19.2 Å². The van der Waals surface area contributed by atoms with E-state index in [-0.39, 0.29) is 23.1 Å². The third kappa shape index (κ3) is 4.78. The highest BCUT2D eigenvalue weighted by molar-refractivity contribution is 5.68. The van der Waals surface area contributed by atoms with Crippen LogP contribution in [0.15, 0.2) is 53.2 Å². The number of imidazole rings is 1. The average molecular weight is 456 g/mol. The van der Waals surface area contributed by atoms with Gasteiger partial charge in [0.05, 0.1) is 5.56 Å². The average Bonchev–Trinajstić information content (AvgIpc) is 3.39. The SMILES string of the molecule is C[C@@H](O)C#Cc1cc(F)ccc1-c1nc(-c2ccc(-c3nc(C(F)(F)F)cn3C)cc2)no1. The molecule has 0 bridgehead atoms. The van der Waals surface area contributed by atoms with Gasteiger partial charge in [-0.25, -0.2) is 9.37 Å². The Morgan fingerprint density at radius 1 is 1.06 bits per heavy atom. The predicted octanol–water partition coefficient (Wildman–Crippen LogP) is 4.69. The Morgan fingerprint density at radius 3 is 2.39 bits per heavy atom. The third-order valence-corrected chi connectivity index (χ3v) is 4.62. The lowest BCUT2D eigenvalue weighted by Crippen LogP contribution is -2.04. The summed E-state index contributed by atoms with van der Waals surface area (Å²) < 4.78 is 59.0. The lowest BCUT2D eigenvalue weighted by molar-refractivity contribution is -0.140. The molecule has 6 nitrogen and oxygen atoms in total. The van der Waals surface area contributed by atoms with Crippen LogP contribution in [-0.2, 0) is 13.2 Å². The van der Waals surface area contributed by atoms with E-state index in [4.69, 9.17) is 4.52 Å². The molecule has 0 saturated heterocycles. The smallest absolute Gasteiger partial charge is 0.381 e. The van der Waals surface area contributed by atoms with Crippen molar-refractivity contribution in [3.63, 3.8) is 0 Å². The van der Waals surface area contributed by atoms with E-state index in [9.17, 15) is 22.7 Å². The molecule has 0 amide bonds. The molecule has 10 heteroatoms. The van der Waals surface area contributed by atoms with E-state index >= 15 is 0 Å². The second-order valence-electron chi connectivity index (χ2n) is 7.19. The summed E-state index contributed by atoms with van der Waals surface area (Å²) in [6.07, 6.45) is -4.51. The summed E-state index contributed by atoms with van der Waals surface area (Å²) in [6.45, 7) is 1.48. The molecule has 2 aromatic carbocycles. The van der Waals surface area contributed by atoms with E-state index < -0.39 is 23.8 Å². The van der Waals surface area contributed by atoms with Gasteiger partial charge in [-0.05, 0) is 25.1 Å². The molecule has 0 radical (unpaired) electrons. The third-order valence-electron chi connectivity index (χ3n) is 4.62. The van der Waals surface area contributed by atoms with Crippen LogP contribution in [0, 0.1) is 17.7 Å². The normalized spacial score (nSPS) is 12.3. The Kier molecular flexibility index (Phi) is 5.74. The van der Waals surface area contributed by atoms with Crippen molar-refractivity contribution in [2.24, 2.45) is 7.05 Å². The largest absolute Gasteiger partial charge is 0.434 e. The van der Waals surface area contributed by atoms with Gasteiger partial charge in [0.1, 0.15) is 17.7 Å².